The first-order chi connectivity index (χ1) is 7.97. The zero-order chi connectivity index (χ0) is 13.0. The summed E-state index contributed by atoms with van der Waals surface area (Å²) in [5.74, 6) is -2.98. The molecule has 3 N–H and O–H groups in total. The molecule has 0 saturated heterocycles. The number of benzene rings is 1. The molecule has 17 heavy (non-hydrogen) atoms. The summed E-state index contributed by atoms with van der Waals surface area (Å²) in [5.41, 5.74) is 5.03. The minimum absolute atomic E-state index is 0.109. The predicted molar refractivity (Wildman–Crippen MR) is 64.7 cm³/mol. The lowest BCUT2D eigenvalue weighted by molar-refractivity contribution is 0.0941. The molecule has 92 valence electrons. The first-order valence-electron chi connectivity index (χ1n) is 5.01. The Morgan fingerprint density at radius 2 is 2.18 bits per heavy atom. The molecule has 0 fully saturated rings. The fourth-order valence-electron chi connectivity index (χ4n) is 1.29. The van der Waals surface area contributed by atoms with Crippen LogP contribution in [0, 0.1) is 11.6 Å². The average Bonchev–Trinajstić information content (AvgIpc) is 2.28. The van der Waals surface area contributed by atoms with Crippen molar-refractivity contribution in [2.75, 3.05) is 0 Å². The molecule has 3 nitrogen and oxygen atoms in total. The zero-order valence-corrected chi connectivity index (χ0v) is 9.98. The van der Waals surface area contributed by atoms with Crippen molar-refractivity contribution in [3.63, 3.8) is 0 Å². The molecule has 0 saturated carbocycles. The highest BCUT2D eigenvalue weighted by atomic mass is 32.1. The van der Waals surface area contributed by atoms with E-state index < -0.39 is 23.6 Å². The molecule has 0 aliphatic heterocycles. The normalized spacial score (nSPS) is 11.9. The van der Waals surface area contributed by atoms with Crippen molar-refractivity contribution in [1.29, 1.82) is 0 Å². The summed E-state index contributed by atoms with van der Waals surface area (Å²) in [5, 5.41) is 2.44. The van der Waals surface area contributed by atoms with Gasteiger partial charge in [0.2, 0.25) is 0 Å². The maximum Gasteiger partial charge on any atom is 0.254 e. The Balaban J connectivity index is 2.90. The summed E-state index contributed by atoms with van der Waals surface area (Å²) >= 11 is 4.74. The molecule has 1 amide bonds. The molecular formula is C11H12F2N2OS. The maximum absolute atomic E-state index is 13.3. The minimum Gasteiger partial charge on any atom is -0.392 e. The number of hydrogen-bond acceptors (Lipinski definition) is 2. The van der Waals surface area contributed by atoms with Crippen LogP contribution in [0.5, 0.6) is 0 Å². The second-order valence-electron chi connectivity index (χ2n) is 3.44. The lowest BCUT2D eigenvalue weighted by atomic mass is 10.1. The van der Waals surface area contributed by atoms with Gasteiger partial charge in [-0.2, -0.15) is 0 Å². The average molecular weight is 258 g/mol. The van der Waals surface area contributed by atoms with E-state index in [9.17, 15) is 13.6 Å². The van der Waals surface area contributed by atoms with Crippen molar-refractivity contribution >= 4 is 23.1 Å². The summed E-state index contributed by atoms with van der Waals surface area (Å²) < 4.78 is 26.2. The second kappa shape index (κ2) is 5.67. The number of amides is 1. The molecule has 1 rings (SSSR count). The van der Waals surface area contributed by atoms with Crippen molar-refractivity contribution < 1.29 is 13.6 Å². The Kier molecular flexibility index (Phi) is 4.51. The van der Waals surface area contributed by atoms with E-state index in [0.717, 1.165) is 6.07 Å². The zero-order valence-electron chi connectivity index (χ0n) is 9.17. The highest BCUT2D eigenvalue weighted by Gasteiger charge is 2.18. The molecule has 0 heterocycles. The third-order valence-corrected chi connectivity index (χ3v) is 2.54. The Morgan fingerprint density at radius 3 is 2.71 bits per heavy atom. The van der Waals surface area contributed by atoms with E-state index in [0.29, 0.717) is 6.42 Å². The van der Waals surface area contributed by atoms with Crippen molar-refractivity contribution in [3.8, 4) is 0 Å². The summed E-state index contributed by atoms with van der Waals surface area (Å²) in [4.78, 5) is 11.8. The van der Waals surface area contributed by atoms with Crippen LogP contribution >= 0.6 is 12.2 Å². The highest BCUT2D eigenvalue weighted by Crippen LogP contribution is 2.11. The Bertz CT molecular complexity index is 451. The van der Waals surface area contributed by atoms with Crippen molar-refractivity contribution in [1.82, 2.24) is 5.32 Å². The van der Waals surface area contributed by atoms with Crippen LogP contribution in [0.25, 0.3) is 0 Å². The van der Waals surface area contributed by atoms with E-state index in [1.807, 2.05) is 0 Å². The van der Waals surface area contributed by atoms with Gasteiger partial charge in [0, 0.05) is 0 Å². The smallest absolute Gasteiger partial charge is 0.254 e. The van der Waals surface area contributed by atoms with E-state index >= 15 is 0 Å². The molecule has 0 spiro atoms. The standard InChI is InChI=1S/C11H12F2N2OS/c1-2-8(10(14)17)15-11(16)6-4-3-5-7(12)9(6)13/h3-5,8H,2H2,1H3,(H2,14,17)(H,15,16). The lowest BCUT2D eigenvalue weighted by Crippen LogP contribution is -2.43. The monoisotopic (exact) mass is 258 g/mol. The van der Waals surface area contributed by atoms with Gasteiger partial charge in [0.05, 0.1) is 16.6 Å². The summed E-state index contributed by atoms with van der Waals surface area (Å²) in [6.45, 7) is 1.77. The van der Waals surface area contributed by atoms with Crippen LogP contribution in [0.4, 0.5) is 8.78 Å². The molecule has 1 aromatic carbocycles. The lowest BCUT2D eigenvalue weighted by Gasteiger charge is -2.15. The number of carbonyl (C=O) groups excluding carboxylic acids is 1. The molecule has 0 aliphatic carbocycles. The van der Waals surface area contributed by atoms with Crippen LogP contribution in [0.2, 0.25) is 0 Å². The third kappa shape index (κ3) is 3.20. The van der Waals surface area contributed by atoms with Crippen LogP contribution in [0.1, 0.15) is 23.7 Å². The van der Waals surface area contributed by atoms with E-state index in [4.69, 9.17) is 18.0 Å². The van der Waals surface area contributed by atoms with Crippen LogP contribution < -0.4 is 11.1 Å². The van der Waals surface area contributed by atoms with Gasteiger partial charge in [-0.3, -0.25) is 4.79 Å². The van der Waals surface area contributed by atoms with Gasteiger partial charge in [-0.25, -0.2) is 8.78 Å². The second-order valence-corrected chi connectivity index (χ2v) is 3.91. The SMILES string of the molecule is CCC(NC(=O)c1cccc(F)c1F)C(N)=S. The fraction of sp³-hybridized carbons (Fsp3) is 0.273. The Hall–Kier alpha value is -1.56. The topological polar surface area (TPSA) is 55.1 Å². The molecular weight excluding hydrogens is 246 g/mol. The number of thiocarbonyl (C=S) groups is 1. The number of rotatable bonds is 4. The predicted octanol–water partition coefficient (Wildman–Crippen LogP) is 1.76. The van der Waals surface area contributed by atoms with Gasteiger partial charge in [0.15, 0.2) is 11.6 Å². The Labute approximate surface area is 103 Å². The van der Waals surface area contributed by atoms with E-state index in [-0.39, 0.29) is 10.6 Å². The molecule has 0 aliphatic rings. The largest absolute Gasteiger partial charge is 0.392 e. The van der Waals surface area contributed by atoms with Crippen LogP contribution in [0.3, 0.4) is 0 Å². The molecule has 6 heteroatoms. The number of nitrogens with two attached hydrogens (primary N) is 1. The van der Waals surface area contributed by atoms with Gasteiger partial charge in [-0.05, 0) is 18.6 Å². The van der Waals surface area contributed by atoms with Gasteiger partial charge in [-0.1, -0.05) is 25.2 Å². The van der Waals surface area contributed by atoms with Gasteiger partial charge in [0.1, 0.15) is 0 Å². The molecule has 0 radical (unpaired) electrons. The fourth-order valence-corrected chi connectivity index (χ4v) is 1.52. The molecule has 0 bridgehead atoms. The van der Waals surface area contributed by atoms with Crippen LogP contribution in [0.15, 0.2) is 18.2 Å². The Morgan fingerprint density at radius 1 is 1.53 bits per heavy atom. The van der Waals surface area contributed by atoms with Crippen molar-refractivity contribution in [2.45, 2.75) is 19.4 Å². The van der Waals surface area contributed by atoms with E-state index in [2.05, 4.69) is 5.32 Å². The van der Waals surface area contributed by atoms with E-state index in [1.54, 1.807) is 6.92 Å². The number of carbonyl (C=O) groups is 1. The van der Waals surface area contributed by atoms with Gasteiger partial charge < -0.3 is 11.1 Å². The highest BCUT2D eigenvalue weighted by molar-refractivity contribution is 7.80. The summed E-state index contributed by atoms with van der Waals surface area (Å²) in [6.07, 6.45) is 0.484. The first kappa shape index (κ1) is 13.5. The van der Waals surface area contributed by atoms with Crippen molar-refractivity contribution in [2.24, 2.45) is 5.73 Å². The number of halogens is 2. The third-order valence-electron chi connectivity index (χ3n) is 2.25. The minimum atomic E-state index is -1.18. The molecule has 0 aromatic heterocycles. The quantitative estimate of drug-likeness (QED) is 0.809. The van der Waals surface area contributed by atoms with Crippen LogP contribution in [-0.2, 0) is 0 Å². The van der Waals surface area contributed by atoms with E-state index in [1.165, 1.54) is 12.1 Å². The molecule has 1 aromatic rings. The molecule has 1 unspecified atom stereocenters. The number of hydrogen-bond donors (Lipinski definition) is 2. The first-order valence-corrected chi connectivity index (χ1v) is 5.42. The summed E-state index contributed by atoms with van der Waals surface area (Å²) in [6, 6.07) is 2.87. The summed E-state index contributed by atoms with van der Waals surface area (Å²) in [7, 11) is 0. The van der Waals surface area contributed by atoms with Gasteiger partial charge in [-0.15, -0.1) is 0 Å². The van der Waals surface area contributed by atoms with Gasteiger partial charge >= 0.3 is 0 Å². The number of nitrogens with one attached hydrogen (secondary N) is 1. The van der Waals surface area contributed by atoms with Crippen LogP contribution in [-0.4, -0.2) is 16.9 Å². The molecule has 1 atom stereocenters. The van der Waals surface area contributed by atoms with Gasteiger partial charge in [0.25, 0.3) is 5.91 Å². The van der Waals surface area contributed by atoms with Crippen molar-refractivity contribution in [3.05, 3.63) is 35.4 Å². The maximum atomic E-state index is 13.3.